The molecule has 2 spiro atoms. The molecule has 16 aromatic rings. The fourth-order valence-electron chi connectivity index (χ4n) is 19.1. The van der Waals surface area contributed by atoms with Gasteiger partial charge in [0.25, 0.3) is 6.71 Å². The van der Waals surface area contributed by atoms with E-state index < -0.39 is 10.8 Å². The lowest BCUT2D eigenvalue weighted by Gasteiger charge is -2.46. The third-order valence-electron chi connectivity index (χ3n) is 22.6. The van der Waals surface area contributed by atoms with Crippen molar-refractivity contribution < 1.29 is 0 Å². The van der Waals surface area contributed by atoms with E-state index in [1.54, 1.807) is 0 Å². The van der Waals surface area contributed by atoms with E-state index in [1.165, 1.54) is 150 Å². The first-order valence-electron chi connectivity index (χ1n) is 33.7. The number of para-hydroxylation sites is 2. The topological polar surface area (TPSA) is 11.4 Å². The van der Waals surface area contributed by atoms with Crippen molar-refractivity contribution in [1.29, 1.82) is 0 Å². The highest BCUT2D eigenvalue weighted by Gasteiger charge is 2.57. The van der Waals surface area contributed by atoms with Crippen molar-refractivity contribution in [3.8, 4) is 72.4 Å². The molecule has 3 heterocycles. The summed E-state index contributed by atoms with van der Waals surface area (Å²) in [7, 11) is 0. The van der Waals surface area contributed by atoms with Gasteiger partial charge in [-0.3, -0.25) is 0 Å². The molecule has 0 radical (unpaired) electrons. The summed E-state index contributed by atoms with van der Waals surface area (Å²) in [5.74, 6) is 0. The van der Waals surface area contributed by atoms with Crippen molar-refractivity contribution in [3.63, 3.8) is 0 Å². The highest BCUT2D eigenvalue weighted by atomic mass is 15.2. The maximum Gasteiger partial charge on any atom is 0.252 e. The van der Waals surface area contributed by atoms with Gasteiger partial charge in [0, 0.05) is 50.3 Å². The molecule has 4 aliphatic carbocycles. The SMILES string of the molecule is c1ccc(-c2ccc(N3c4cc(-n5c6ccccc6c6ccccc65)cc5c4B(c4cc(-c6ccccc6)ccc4N5c4cccc5c4C4(c6ccccc6-c6ccccc64)c4ccccc4-5)c4ccc5c(c43)-c3ccccc3C53c4ccccc4-c4ccccc43)cc2)cc1. The number of benzene rings is 15. The molecule has 0 saturated heterocycles. The minimum atomic E-state index is -0.637. The van der Waals surface area contributed by atoms with Gasteiger partial charge < -0.3 is 14.4 Å². The van der Waals surface area contributed by atoms with Crippen LogP contribution in [-0.4, -0.2) is 11.3 Å². The average Bonchev–Trinajstić information content (AvgIpc) is 1.41. The molecule has 0 N–H and O–H groups in total. The number of hydrogen-bond acceptors (Lipinski definition) is 2. The van der Waals surface area contributed by atoms with Gasteiger partial charge >= 0.3 is 0 Å². The maximum atomic E-state index is 2.72. The van der Waals surface area contributed by atoms with Crippen LogP contribution in [-0.2, 0) is 10.8 Å². The van der Waals surface area contributed by atoms with E-state index in [1.807, 2.05) is 0 Å². The molecule has 0 saturated carbocycles. The Morgan fingerprint density at radius 3 is 1.26 bits per heavy atom. The second kappa shape index (κ2) is 19.2. The Morgan fingerprint density at radius 1 is 0.250 bits per heavy atom. The summed E-state index contributed by atoms with van der Waals surface area (Å²) >= 11 is 0. The van der Waals surface area contributed by atoms with Crippen molar-refractivity contribution in [3.05, 3.63) is 384 Å². The van der Waals surface area contributed by atoms with E-state index in [4.69, 9.17) is 0 Å². The summed E-state index contributed by atoms with van der Waals surface area (Å²) in [6.45, 7) is -0.222. The van der Waals surface area contributed by atoms with Crippen molar-refractivity contribution >= 4 is 79.0 Å². The van der Waals surface area contributed by atoms with E-state index in [2.05, 4.69) is 354 Å². The van der Waals surface area contributed by atoms with Crippen LogP contribution in [0.1, 0.15) is 44.5 Å². The van der Waals surface area contributed by atoms with Gasteiger partial charge in [-0.2, -0.15) is 0 Å². The van der Waals surface area contributed by atoms with Crippen molar-refractivity contribution in [2.45, 2.75) is 10.8 Å². The normalized spacial score (nSPS) is 14.4. The molecule has 15 aromatic carbocycles. The van der Waals surface area contributed by atoms with Gasteiger partial charge in [0.15, 0.2) is 0 Å². The van der Waals surface area contributed by atoms with Gasteiger partial charge in [-0.25, -0.2) is 0 Å². The third kappa shape index (κ3) is 6.53. The molecule has 6 aliphatic rings. The molecule has 442 valence electrons. The van der Waals surface area contributed by atoms with Gasteiger partial charge in [0.2, 0.25) is 0 Å². The molecule has 4 heteroatoms. The molecule has 22 rings (SSSR count). The molecule has 0 bridgehead atoms. The quantitative estimate of drug-likeness (QED) is 0.159. The summed E-state index contributed by atoms with van der Waals surface area (Å²) in [5, 5.41) is 2.45. The van der Waals surface area contributed by atoms with E-state index in [-0.39, 0.29) is 6.71 Å². The smallest absolute Gasteiger partial charge is 0.252 e. The highest BCUT2D eigenvalue weighted by molar-refractivity contribution is 7.00. The lowest BCUT2D eigenvalue weighted by atomic mass is 9.33. The van der Waals surface area contributed by atoms with E-state index in [0.29, 0.717) is 0 Å². The number of hydrogen-bond donors (Lipinski definition) is 0. The fourth-order valence-corrected chi connectivity index (χ4v) is 19.1. The average molecular weight is 1210 g/mol. The standard InChI is InChI=1S/C92H56BN3/c1-3-24-57(25-4-1)59-46-49-61(50-47-59)95-85-55-62(94-81-43-21-13-33-68(81)69-34-14-22-44-82(69)94)56-86-89(85)93(79-52-51-78-87(90(79)95)71-35-12-20-42-77(71)91(78)72-37-15-7-28-63(72)64-29-8-16-38-73(64)91)80-54-60(58-26-5-2-6-27-58)48-53-83(80)96(86)84-45-23-36-70-67-32-11-19-41-76(67)92(88(70)84)74-39-17-9-30-65(74)66-31-10-18-40-75(66)92/h1-56H. The number of nitrogens with zero attached hydrogens (tertiary/aromatic N) is 3. The van der Waals surface area contributed by atoms with E-state index in [0.717, 1.165) is 39.5 Å². The zero-order chi connectivity index (χ0) is 62.5. The monoisotopic (exact) mass is 1210 g/mol. The lowest BCUT2D eigenvalue weighted by Crippen LogP contribution is -2.61. The summed E-state index contributed by atoms with van der Waals surface area (Å²) in [4.78, 5) is 5.43. The van der Waals surface area contributed by atoms with Gasteiger partial charge in [-0.05, 0) is 165 Å². The fraction of sp³-hybridized carbons (Fsp3) is 0.0217. The predicted molar refractivity (Wildman–Crippen MR) is 398 cm³/mol. The maximum absolute atomic E-state index is 2.72. The number of aromatic nitrogens is 1. The first-order chi connectivity index (χ1) is 47.7. The molecule has 1 aromatic heterocycles. The van der Waals surface area contributed by atoms with Crippen molar-refractivity contribution in [2.75, 3.05) is 9.80 Å². The van der Waals surface area contributed by atoms with Crippen LogP contribution in [0.3, 0.4) is 0 Å². The van der Waals surface area contributed by atoms with Gasteiger partial charge in [-0.15, -0.1) is 0 Å². The molecule has 0 unspecified atom stereocenters. The third-order valence-corrected chi connectivity index (χ3v) is 22.6. The number of rotatable bonds is 5. The minimum Gasteiger partial charge on any atom is -0.311 e. The minimum absolute atomic E-state index is 0.222. The molecule has 3 nitrogen and oxygen atoms in total. The van der Waals surface area contributed by atoms with Crippen LogP contribution < -0.4 is 26.2 Å². The van der Waals surface area contributed by atoms with Crippen molar-refractivity contribution in [2.24, 2.45) is 0 Å². The van der Waals surface area contributed by atoms with E-state index >= 15 is 0 Å². The van der Waals surface area contributed by atoms with Gasteiger partial charge in [0.1, 0.15) is 0 Å². The largest absolute Gasteiger partial charge is 0.311 e. The van der Waals surface area contributed by atoms with Crippen LogP contribution >= 0.6 is 0 Å². The predicted octanol–water partition coefficient (Wildman–Crippen LogP) is 20.9. The Bertz CT molecular complexity index is 5900. The number of anilines is 6. The summed E-state index contributed by atoms with van der Waals surface area (Å²) in [5.41, 5.74) is 38.5. The molecule has 0 fully saturated rings. The second-order valence-electron chi connectivity index (χ2n) is 26.8. The van der Waals surface area contributed by atoms with E-state index in [9.17, 15) is 0 Å². The van der Waals surface area contributed by atoms with Crippen LogP contribution in [0, 0.1) is 0 Å². The summed E-state index contributed by atoms with van der Waals surface area (Å²) in [6.07, 6.45) is 0. The first-order valence-corrected chi connectivity index (χ1v) is 33.7. The summed E-state index contributed by atoms with van der Waals surface area (Å²) in [6, 6.07) is 130. The Kier molecular flexibility index (Phi) is 10.5. The van der Waals surface area contributed by atoms with Crippen LogP contribution in [0.4, 0.5) is 34.1 Å². The second-order valence-corrected chi connectivity index (χ2v) is 26.8. The molecule has 2 aliphatic heterocycles. The van der Waals surface area contributed by atoms with Gasteiger partial charge in [-0.1, -0.05) is 291 Å². The van der Waals surface area contributed by atoms with Gasteiger partial charge in [0.05, 0.1) is 33.2 Å². The van der Waals surface area contributed by atoms with Crippen LogP contribution in [0.15, 0.2) is 340 Å². The molecular weight excluding hydrogens is 1160 g/mol. The molecular formula is C92H56BN3. The summed E-state index contributed by atoms with van der Waals surface area (Å²) < 4.78 is 2.55. The highest BCUT2D eigenvalue weighted by Crippen LogP contribution is 2.68. The zero-order valence-corrected chi connectivity index (χ0v) is 52.3. The Morgan fingerprint density at radius 2 is 0.688 bits per heavy atom. The Hall–Kier alpha value is -12.2. The first kappa shape index (κ1) is 52.3. The van der Waals surface area contributed by atoms with Crippen LogP contribution in [0.2, 0.25) is 0 Å². The van der Waals surface area contributed by atoms with Crippen LogP contribution in [0.5, 0.6) is 0 Å². The zero-order valence-electron chi connectivity index (χ0n) is 52.3. The molecule has 96 heavy (non-hydrogen) atoms. The Balaban J connectivity index is 0.915. The number of fused-ring (bicyclic) bond motifs is 28. The lowest BCUT2D eigenvalue weighted by molar-refractivity contribution is 0.793. The van der Waals surface area contributed by atoms with Crippen LogP contribution in [0.25, 0.3) is 94.3 Å². The Labute approximate surface area is 557 Å². The van der Waals surface area contributed by atoms with Crippen molar-refractivity contribution in [1.82, 2.24) is 4.57 Å². The molecule has 0 amide bonds. The molecule has 0 atom stereocenters.